The van der Waals surface area contributed by atoms with Crippen LogP contribution in [-0.2, 0) is 16.3 Å². The lowest BCUT2D eigenvalue weighted by Gasteiger charge is -2.04. The lowest BCUT2D eigenvalue weighted by Crippen LogP contribution is -2.24. The van der Waals surface area contributed by atoms with Crippen molar-refractivity contribution in [2.24, 2.45) is 0 Å². The van der Waals surface area contributed by atoms with Crippen LogP contribution >= 0.6 is 22.9 Å². The summed E-state index contributed by atoms with van der Waals surface area (Å²) in [5, 5.41) is 3.48. The number of sulfone groups is 1. The molecule has 26 heavy (non-hydrogen) atoms. The van der Waals surface area contributed by atoms with E-state index in [0.29, 0.717) is 22.9 Å². The summed E-state index contributed by atoms with van der Waals surface area (Å²) in [5.41, 5.74) is 1.06. The van der Waals surface area contributed by atoms with Gasteiger partial charge in [-0.2, -0.15) is 0 Å². The van der Waals surface area contributed by atoms with E-state index in [0.717, 1.165) is 16.9 Å². The number of carbonyl (C=O) groups is 1. The highest BCUT2D eigenvalue weighted by Gasteiger charge is 2.21. The summed E-state index contributed by atoms with van der Waals surface area (Å²) in [6.45, 7) is 0.457. The average molecular weight is 406 g/mol. The number of hydrogen-bond acceptors (Lipinski definition) is 4. The van der Waals surface area contributed by atoms with Crippen molar-refractivity contribution in [2.45, 2.75) is 15.5 Å². The van der Waals surface area contributed by atoms with Crippen molar-refractivity contribution in [1.82, 2.24) is 5.32 Å². The van der Waals surface area contributed by atoms with Crippen LogP contribution in [0.2, 0.25) is 5.02 Å². The molecule has 0 atom stereocenters. The zero-order chi connectivity index (χ0) is 18.6. The minimum absolute atomic E-state index is 0.159. The summed E-state index contributed by atoms with van der Waals surface area (Å²) in [6, 6.07) is 18.6. The molecule has 1 N–H and O–H groups in total. The predicted molar refractivity (Wildman–Crippen MR) is 104 cm³/mol. The first-order valence-electron chi connectivity index (χ1n) is 7.89. The van der Waals surface area contributed by atoms with Crippen LogP contribution in [0.1, 0.15) is 15.2 Å². The van der Waals surface area contributed by atoms with Gasteiger partial charge in [0.1, 0.15) is 4.21 Å². The van der Waals surface area contributed by atoms with Gasteiger partial charge in [0.2, 0.25) is 9.84 Å². The van der Waals surface area contributed by atoms with E-state index >= 15 is 0 Å². The monoisotopic (exact) mass is 405 g/mol. The molecule has 3 aromatic rings. The van der Waals surface area contributed by atoms with Gasteiger partial charge in [-0.3, -0.25) is 4.79 Å². The summed E-state index contributed by atoms with van der Waals surface area (Å²) in [6.07, 6.45) is 0.670. The molecule has 0 aliphatic heterocycles. The molecule has 0 fully saturated rings. The van der Waals surface area contributed by atoms with Crippen molar-refractivity contribution in [1.29, 1.82) is 0 Å². The Kier molecular flexibility index (Phi) is 5.76. The molecule has 0 aliphatic carbocycles. The van der Waals surface area contributed by atoms with Gasteiger partial charge in [-0.1, -0.05) is 41.9 Å². The van der Waals surface area contributed by atoms with Crippen molar-refractivity contribution >= 4 is 38.7 Å². The van der Waals surface area contributed by atoms with Gasteiger partial charge >= 0.3 is 0 Å². The van der Waals surface area contributed by atoms with Gasteiger partial charge in [-0.05, 0) is 48.4 Å². The highest BCUT2D eigenvalue weighted by atomic mass is 35.5. The highest BCUT2D eigenvalue weighted by molar-refractivity contribution is 7.93. The Bertz CT molecular complexity index is 997. The molecule has 1 aromatic heterocycles. The topological polar surface area (TPSA) is 63.2 Å². The molecule has 0 saturated heterocycles. The van der Waals surface area contributed by atoms with Crippen LogP contribution in [0.4, 0.5) is 0 Å². The van der Waals surface area contributed by atoms with Gasteiger partial charge in [0.05, 0.1) is 9.77 Å². The SMILES string of the molecule is O=C(NCCc1ccc(Cl)cc1)c1ccc(S(=O)(=O)c2ccccc2)s1. The van der Waals surface area contributed by atoms with Crippen molar-refractivity contribution in [3.8, 4) is 0 Å². The van der Waals surface area contributed by atoms with Gasteiger partial charge in [-0.15, -0.1) is 11.3 Å². The van der Waals surface area contributed by atoms with E-state index in [1.807, 2.05) is 12.1 Å². The van der Waals surface area contributed by atoms with Gasteiger partial charge in [-0.25, -0.2) is 8.42 Å². The molecule has 0 bridgehead atoms. The van der Waals surface area contributed by atoms with Crippen LogP contribution in [0.25, 0.3) is 0 Å². The fourth-order valence-electron chi connectivity index (χ4n) is 2.36. The number of thiophene rings is 1. The fraction of sp³-hybridized carbons (Fsp3) is 0.105. The van der Waals surface area contributed by atoms with Crippen LogP contribution in [0, 0.1) is 0 Å². The minimum Gasteiger partial charge on any atom is -0.351 e. The summed E-state index contributed by atoms with van der Waals surface area (Å²) in [5.74, 6) is -0.279. The molecule has 3 rings (SSSR count). The number of amides is 1. The van der Waals surface area contributed by atoms with E-state index in [1.54, 1.807) is 42.5 Å². The average Bonchev–Trinajstić information content (AvgIpc) is 3.15. The Labute approximate surface area is 161 Å². The summed E-state index contributed by atoms with van der Waals surface area (Å²) in [7, 11) is -3.59. The second-order valence-corrected chi connectivity index (χ2v) is 9.26. The van der Waals surface area contributed by atoms with Crippen molar-refractivity contribution in [3.05, 3.63) is 82.2 Å². The molecule has 0 aliphatic rings. The number of hydrogen-bond donors (Lipinski definition) is 1. The Hall–Kier alpha value is -2.15. The molecule has 134 valence electrons. The first kappa shape index (κ1) is 18.6. The van der Waals surface area contributed by atoms with E-state index in [9.17, 15) is 13.2 Å². The smallest absolute Gasteiger partial charge is 0.261 e. The van der Waals surface area contributed by atoms with Crippen LogP contribution in [0.3, 0.4) is 0 Å². The molecule has 0 spiro atoms. The number of benzene rings is 2. The molecule has 0 radical (unpaired) electrons. The van der Waals surface area contributed by atoms with E-state index in [4.69, 9.17) is 11.6 Å². The molecular weight excluding hydrogens is 390 g/mol. The van der Waals surface area contributed by atoms with E-state index in [2.05, 4.69) is 5.32 Å². The normalized spacial score (nSPS) is 11.3. The van der Waals surface area contributed by atoms with E-state index in [1.165, 1.54) is 12.1 Å². The maximum atomic E-state index is 12.6. The molecular formula is C19H16ClNO3S2. The van der Waals surface area contributed by atoms with Gasteiger partial charge in [0.15, 0.2) is 0 Å². The number of carbonyl (C=O) groups excluding carboxylic acids is 1. The number of halogens is 1. The summed E-state index contributed by atoms with van der Waals surface area (Å²) in [4.78, 5) is 12.8. The molecule has 0 unspecified atom stereocenters. The van der Waals surface area contributed by atoms with Crippen LogP contribution < -0.4 is 5.32 Å². The second-order valence-electron chi connectivity index (χ2n) is 5.57. The third-order valence-electron chi connectivity index (χ3n) is 3.74. The molecule has 1 heterocycles. The molecule has 1 amide bonds. The third-order valence-corrected chi connectivity index (χ3v) is 7.33. The lowest BCUT2D eigenvalue weighted by molar-refractivity contribution is 0.0958. The van der Waals surface area contributed by atoms with Gasteiger partial charge in [0, 0.05) is 11.6 Å². The Morgan fingerprint density at radius 3 is 2.35 bits per heavy atom. The molecule has 4 nitrogen and oxygen atoms in total. The summed E-state index contributed by atoms with van der Waals surface area (Å²) < 4.78 is 25.3. The Morgan fingerprint density at radius 2 is 1.65 bits per heavy atom. The highest BCUT2D eigenvalue weighted by Crippen LogP contribution is 2.27. The van der Waals surface area contributed by atoms with Gasteiger partial charge in [0.25, 0.3) is 5.91 Å². The second kappa shape index (κ2) is 8.03. The zero-order valence-corrected chi connectivity index (χ0v) is 16.1. The lowest BCUT2D eigenvalue weighted by atomic mass is 10.1. The summed E-state index contributed by atoms with van der Waals surface area (Å²) >= 11 is 6.82. The third kappa shape index (κ3) is 4.33. The maximum absolute atomic E-state index is 12.6. The number of nitrogens with one attached hydrogen (secondary N) is 1. The van der Waals surface area contributed by atoms with Crippen molar-refractivity contribution in [2.75, 3.05) is 6.54 Å². The first-order valence-corrected chi connectivity index (χ1v) is 10.6. The predicted octanol–water partition coefficient (Wildman–Crippen LogP) is 4.21. The maximum Gasteiger partial charge on any atom is 0.261 e. The quantitative estimate of drug-likeness (QED) is 0.668. The van der Waals surface area contributed by atoms with Crippen molar-refractivity contribution in [3.63, 3.8) is 0 Å². The fourth-order valence-corrected chi connectivity index (χ4v) is 5.13. The standard InChI is InChI=1S/C19H16ClNO3S2/c20-15-8-6-14(7-9-15)12-13-21-19(22)17-10-11-18(25-17)26(23,24)16-4-2-1-3-5-16/h1-11H,12-13H2,(H,21,22). The molecule has 0 saturated carbocycles. The Morgan fingerprint density at radius 1 is 0.962 bits per heavy atom. The van der Waals surface area contributed by atoms with Crippen molar-refractivity contribution < 1.29 is 13.2 Å². The molecule has 7 heteroatoms. The zero-order valence-electron chi connectivity index (χ0n) is 13.7. The van der Waals surface area contributed by atoms with E-state index < -0.39 is 9.84 Å². The molecule has 2 aromatic carbocycles. The van der Waals surface area contributed by atoms with Crippen LogP contribution in [0.15, 0.2) is 75.8 Å². The van der Waals surface area contributed by atoms with Gasteiger partial charge < -0.3 is 5.32 Å². The minimum atomic E-state index is -3.59. The largest absolute Gasteiger partial charge is 0.351 e. The Balaban J connectivity index is 1.64. The number of rotatable bonds is 6. The van der Waals surface area contributed by atoms with Crippen LogP contribution in [-0.4, -0.2) is 20.9 Å². The first-order chi connectivity index (χ1) is 12.5. The van der Waals surface area contributed by atoms with E-state index in [-0.39, 0.29) is 15.0 Å². The van der Waals surface area contributed by atoms with Crippen LogP contribution in [0.5, 0.6) is 0 Å².